The maximum Gasteiger partial charge on any atom is 0.325 e. The summed E-state index contributed by atoms with van der Waals surface area (Å²) in [6.07, 6.45) is 5.31. The molecule has 0 unspecified atom stereocenters. The van der Waals surface area contributed by atoms with Crippen LogP contribution in [0.15, 0.2) is 24.3 Å². The predicted molar refractivity (Wildman–Crippen MR) is 99.8 cm³/mol. The summed E-state index contributed by atoms with van der Waals surface area (Å²) in [7, 11) is 0. The number of imide groups is 1. The van der Waals surface area contributed by atoms with E-state index in [0.29, 0.717) is 24.4 Å². The standard InChI is InChI=1S/C20H27N3O3/c1-3-14(2)15-7-9-16(10-8-15)21-17(24)13-23-18(25)20(22-19(23)26)11-5-4-6-12-20/h7-10,14H,3-6,11-13H2,1-2H3,(H,21,24)(H,22,26)/t14-/m0/s1. The van der Waals surface area contributed by atoms with Crippen LogP contribution in [-0.4, -0.2) is 34.8 Å². The summed E-state index contributed by atoms with van der Waals surface area (Å²) in [5.41, 5.74) is 1.11. The molecular formula is C20H27N3O3. The van der Waals surface area contributed by atoms with Crippen molar-refractivity contribution in [3.8, 4) is 0 Å². The summed E-state index contributed by atoms with van der Waals surface area (Å²) in [4.78, 5) is 38.3. The third-order valence-corrected chi connectivity index (χ3v) is 5.63. The zero-order valence-corrected chi connectivity index (χ0v) is 15.5. The second-order valence-corrected chi connectivity index (χ2v) is 7.44. The first-order valence-electron chi connectivity index (χ1n) is 9.49. The number of nitrogens with one attached hydrogen (secondary N) is 2. The summed E-state index contributed by atoms with van der Waals surface area (Å²) < 4.78 is 0. The van der Waals surface area contributed by atoms with Crippen molar-refractivity contribution in [1.29, 1.82) is 0 Å². The van der Waals surface area contributed by atoms with E-state index in [1.54, 1.807) is 0 Å². The first kappa shape index (κ1) is 18.4. The average molecular weight is 357 g/mol. The van der Waals surface area contributed by atoms with Gasteiger partial charge >= 0.3 is 6.03 Å². The Morgan fingerprint density at radius 2 is 1.85 bits per heavy atom. The minimum Gasteiger partial charge on any atom is -0.325 e. The van der Waals surface area contributed by atoms with Gasteiger partial charge in [0.15, 0.2) is 0 Å². The summed E-state index contributed by atoms with van der Waals surface area (Å²) >= 11 is 0. The number of carbonyl (C=O) groups excluding carboxylic acids is 3. The molecule has 1 saturated carbocycles. The number of nitrogens with zero attached hydrogens (tertiary/aromatic N) is 1. The lowest BCUT2D eigenvalue weighted by Crippen LogP contribution is -2.48. The van der Waals surface area contributed by atoms with Crippen LogP contribution >= 0.6 is 0 Å². The Hall–Kier alpha value is -2.37. The number of rotatable bonds is 5. The Bertz CT molecular complexity index is 693. The lowest BCUT2D eigenvalue weighted by molar-refractivity contribution is -0.134. The summed E-state index contributed by atoms with van der Waals surface area (Å²) in [6, 6.07) is 7.24. The van der Waals surface area contributed by atoms with E-state index < -0.39 is 11.6 Å². The van der Waals surface area contributed by atoms with Gasteiger partial charge in [-0.3, -0.25) is 14.5 Å². The molecule has 2 fully saturated rings. The van der Waals surface area contributed by atoms with Crippen molar-refractivity contribution in [3.63, 3.8) is 0 Å². The van der Waals surface area contributed by atoms with Gasteiger partial charge < -0.3 is 10.6 Å². The molecule has 2 N–H and O–H groups in total. The quantitative estimate of drug-likeness (QED) is 0.793. The maximum absolute atomic E-state index is 12.7. The molecule has 6 nitrogen and oxygen atoms in total. The van der Waals surface area contributed by atoms with Crippen molar-refractivity contribution in [2.75, 3.05) is 11.9 Å². The second kappa shape index (κ2) is 7.48. The van der Waals surface area contributed by atoms with Crippen LogP contribution in [0, 0.1) is 0 Å². The van der Waals surface area contributed by atoms with Gasteiger partial charge in [-0.2, -0.15) is 0 Å². The third-order valence-electron chi connectivity index (χ3n) is 5.63. The largest absolute Gasteiger partial charge is 0.325 e. The van der Waals surface area contributed by atoms with Crippen LogP contribution in [0.5, 0.6) is 0 Å². The molecule has 1 aromatic rings. The smallest absolute Gasteiger partial charge is 0.325 e. The fourth-order valence-corrected chi connectivity index (χ4v) is 3.79. The maximum atomic E-state index is 12.7. The van der Waals surface area contributed by atoms with Gasteiger partial charge in [0.25, 0.3) is 5.91 Å². The van der Waals surface area contributed by atoms with Gasteiger partial charge in [0.1, 0.15) is 12.1 Å². The number of amides is 4. The fraction of sp³-hybridized carbons (Fsp3) is 0.550. The monoisotopic (exact) mass is 357 g/mol. The Labute approximate surface area is 154 Å². The number of benzene rings is 1. The van der Waals surface area contributed by atoms with Crippen LogP contribution in [0.3, 0.4) is 0 Å². The number of hydrogen-bond acceptors (Lipinski definition) is 3. The van der Waals surface area contributed by atoms with Gasteiger partial charge in [0.2, 0.25) is 5.91 Å². The molecule has 4 amide bonds. The molecular weight excluding hydrogens is 330 g/mol. The Kier molecular flexibility index (Phi) is 5.30. The molecule has 26 heavy (non-hydrogen) atoms. The molecule has 0 aromatic heterocycles. The molecule has 3 rings (SSSR count). The third kappa shape index (κ3) is 3.59. The van der Waals surface area contributed by atoms with E-state index in [4.69, 9.17) is 0 Å². The SMILES string of the molecule is CC[C@H](C)c1ccc(NC(=O)CN2C(=O)NC3(CCCCC3)C2=O)cc1. The van der Waals surface area contributed by atoms with E-state index in [1.165, 1.54) is 5.56 Å². The lowest BCUT2D eigenvalue weighted by Gasteiger charge is -2.30. The summed E-state index contributed by atoms with van der Waals surface area (Å²) in [6.45, 7) is 4.04. The van der Waals surface area contributed by atoms with E-state index in [1.807, 2.05) is 24.3 Å². The van der Waals surface area contributed by atoms with E-state index in [-0.39, 0.29) is 18.4 Å². The molecule has 1 saturated heterocycles. The molecule has 1 heterocycles. The summed E-state index contributed by atoms with van der Waals surface area (Å²) in [5, 5.41) is 5.59. The Balaban J connectivity index is 1.61. The predicted octanol–water partition coefficient (Wildman–Crippen LogP) is 3.39. The van der Waals surface area contributed by atoms with Gasteiger partial charge in [0.05, 0.1) is 0 Å². The van der Waals surface area contributed by atoms with Crippen molar-refractivity contribution < 1.29 is 14.4 Å². The molecule has 1 atom stereocenters. The van der Waals surface area contributed by atoms with Crippen LogP contribution in [0.2, 0.25) is 0 Å². The molecule has 2 aliphatic rings. The van der Waals surface area contributed by atoms with Gasteiger partial charge in [-0.05, 0) is 42.9 Å². The van der Waals surface area contributed by atoms with E-state index in [9.17, 15) is 14.4 Å². The molecule has 1 spiro atoms. The first-order valence-corrected chi connectivity index (χ1v) is 9.49. The first-order chi connectivity index (χ1) is 12.4. The van der Waals surface area contributed by atoms with Crippen molar-refractivity contribution in [2.45, 2.75) is 63.8 Å². The molecule has 6 heteroatoms. The lowest BCUT2D eigenvalue weighted by atomic mass is 9.82. The van der Waals surface area contributed by atoms with Gasteiger partial charge in [-0.25, -0.2) is 4.79 Å². The van der Waals surface area contributed by atoms with Crippen molar-refractivity contribution in [2.24, 2.45) is 0 Å². The van der Waals surface area contributed by atoms with E-state index in [0.717, 1.165) is 30.6 Å². The minimum atomic E-state index is -0.784. The highest BCUT2D eigenvalue weighted by atomic mass is 16.2. The topological polar surface area (TPSA) is 78.5 Å². The number of anilines is 1. The van der Waals surface area contributed by atoms with Crippen LogP contribution in [0.4, 0.5) is 10.5 Å². The van der Waals surface area contributed by atoms with E-state index >= 15 is 0 Å². The summed E-state index contributed by atoms with van der Waals surface area (Å²) in [5.74, 6) is -0.153. The fourth-order valence-electron chi connectivity index (χ4n) is 3.79. The Morgan fingerprint density at radius 1 is 1.19 bits per heavy atom. The van der Waals surface area contributed by atoms with Crippen LogP contribution in [-0.2, 0) is 9.59 Å². The highest BCUT2D eigenvalue weighted by molar-refractivity contribution is 6.10. The van der Waals surface area contributed by atoms with Gasteiger partial charge in [-0.1, -0.05) is 45.2 Å². The van der Waals surface area contributed by atoms with Crippen molar-refractivity contribution in [1.82, 2.24) is 10.2 Å². The van der Waals surface area contributed by atoms with E-state index in [2.05, 4.69) is 24.5 Å². The van der Waals surface area contributed by atoms with Crippen LogP contribution < -0.4 is 10.6 Å². The number of hydrogen-bond donors (Lipinski definition) is 2. The van der Waals surface area contributed by atoms with Crippen LogP contribution in [0.25, 0.3) is 0 Å². The molecule has 1 aliphatic carbocycles. The number of urea groups is 1. The highest BCUT2D eigenvalue weighted by Gasteiger charge is 2.51. The highest BCUT2D eigenvalue weighted by Crippen LogP contribution is 2.33. The molecule has 0 radical (unpaired) electrons. The van der Waals surface area contributed by atoms with Gasteiger partial charge in [-0.15, -0.1) is 0 Å². The zero-order chi connectivity index (χ0) is 18.7. The zero-order valence-electron chi connectivity index (χ0n) is 15.5. The van der Waals surface area contributed by atoms with Crippen molar-refractivity contribution >= 4 is 23.5 Å². The van der Waals surface area contributed by atoms with Crippen LogP contribution in [0.1, 0.15) is 63.9 Å². The van der Waals surface area contributed by atoms with Crippen molar-refractivity contribution in [3.05, 3.63) is 29.8 Å². The molecule has 140 valence electrons. The molecule has 1 aliphatic heterocycles. The number of carbonyl (C=O) groups is 3. The minimum absolute atomic E-state index is 0.250. The average Bonchev–Trinajstić information content (AvgIpc) is 2.86. The molecule has 0 bridgehead atoms. The Morgan fingerprint density at radius 3 is 2.46 bits per heavy atom. The normalized spacial score (nSPS) is 20.2. The second-order valence-electron chi connectivity index (χ2n) is 7.44. The molecule has 1 aromatic carbocycles. The van der Waals surface area contributed by atoms with Gasteiger partial charge in [0, 0.05) is 5.69 Å².